The molecule has 2 aromatic rings. The number of benzene rings is 1. The third-order valence-electron chi connectivity index (χ3n) is 2.36. The Labute approximate surface area is 131 Å². The lowest BCUT2D eigenvalue weighted by molar-refractivity contribution is -0.151. The molecule has 21 heavy (non-hydrogen) atoms. The number of rotatable bonds is 4. The predicted octanol–water partition coefficient (Wildman–Crippen LogP) is 4.38. The normalized spacial score (nSPS) is 11.4. The molecule has 2 rings (SSSR count). The number of aromatic nitrogens is 1. The molecule has 0 aliphatic rings. The second-order valence-corrected chi connectivity index (χ2v) is 7.46. The van der Waals surface area contributed by atoms with Gasteiger partial charge in [-0.2, -0.15) is 0 Å². The van der Waals surface area contributed by atoms with E-state index in [-0.39, 0.29) is 17.5 Å². The van der Waals surface area contributed by atoms with E-state index in [9.17, 15) is 9.18 Å². The molecule has 3 nitrogen and oxygen atoms in total. The van der Waals surface area contributed by atoms with Gasteiger partial charge in [0.05, 0.1) is 11.4 Å². The number of halogens is 1. The molecule has 0 atom stereocenters. The first-order valence-corrected chi connectivity index (χ1v) is 8.26. The van der Waals surface area contributed by atoms with Gasteiger partial charge in [0.1, 0.15) is 11.4 Å². The number of thioether (sulfide) groups is 1. The highest BCUT2D eigenvalue weighted by Crippen LogP contribution is 2.28. The average molecular weight is 325 g/mol. The monoisotopic (exact) mass is 325 g/mol. The Kier molecular flexibility index (Phi) is 5.00. The molecule has 1 heterocycles. The SMILES string of the molecule is CC(C)(C)OC(=O)CSc1nc(-c2ccc(F)cc2)cs1. The van der Waals surface area contributed by atoms with Crippen molar-refractivity contribution in [2.24, 2.45) is 0 Å². The largest absolute Gasteiger partial charge is 0.459 e. The summed E-state index contributed by atoms with van der Waals surface area (Å²) < 4.78 is 18.9. The molecule has 0 aliphatic heterocycles. The Morgan fingerprint density at radius 1 is 1.33 bits per heavy atom. The lowest BCUT2D eigenvalue weighted by atomic mass is 10.2. The number of carbonyl (C=O) groups excluding carboxylic acids is 1. The molecule has 0 saturated heterocycles. The van der Waals surface area contributed by atoms with Crippen LogP contribution in [0.5, 0.6) is 0 Å². The molecular weight excluding hydrogens is 309 g/mol. The average Bonchev–Trinajstić information content (AvgIpc) is 2.84. The van der Waals surface area contributed by atoms with E-state index >= 15 is 0 Å². The highest BCUT2D eigenvalue weighted by Gasteiger charge is 2.17. The van der Waals surface area contributed by atoms with Crippen molar-refractivity contribution in [1.29, 1.82) is 0 Å². The molecule has 0 N–H and O–H groups in total. The van der Waals surface area contributed by atoms with Gasteiger partial charge >= 0.3 is 5.97 Å². The molecule has 1 aromatic heterocycles. The van der Waals surface area contributed by atoms with E-state index in [4.69, 9.17) is 4.74 Å². The van der Waals surface area contributed by atoms with Gasteiger partial charge in [0.2, 0.25) is 0 Å². The fourth-order valence-corrected chi connectivity index (χ4v) is 3.18. The second-order valence-electron chi connectivity index (χ2n) is 5.38. The first-order valence-electron chi connectivity index (χ1n) is 6.39. The van der Waals surface area contributed by atoms with Crippen molar-refractivity contribution in [3.8, 4) is 11.3 Å². The first kappa shape index (κ1) is 16.0. The van der Waals surface area contributed by atoms with E-state index in [1.54, 1.807) is 12.1 Å². The van der Waals surface area contributed by atoms with Crippen molar-refractivity contribution in [2.75, 3.05) is 5.75 Å². The maximum atomic E-state index is 12.9. The van der Waals surface area contributed by atoms with Gasteiger partial charge in [-0.15, -0.1) is 11.3 Å². The van der Waals surface area contributed by atoms with E-state index in [0.717, 1.165) is 15.6 Å². The lowest BCUT2D eigenvalue weighted by Crippen LogP contribution is -2.24. The Bertz CT molecular complexity index is 617. The van der Waals surface area contributed by atoms with Crippen LogP contribution in [0, 0.1) is 5.82 Å². The minimum absolute atomic E-state index is 0.230. The van der Waals surface area contributed by atoms with Gasteiger partial charge in [-0.25, -0.2) is 9.37 Å². The maximum absolute atomic E-state index is 12.9. The van der Waals surface area contributed by atoms with E-state index in [1.165, 1.54) is 35.2 Å². The smallest absolute Gasteiger partial charge is 0.316 e. The third-order valence-corrected chi connectivity index (χ3v) is 4.35. The van der Waals surface area contributed by atoms with Crippen LogP contribution in [0.25, 0.3) is 11.3 Å². The van der Waals surface area contributed by atoms with Crippen LogP contribution in [-0.4, -0.2) is 22.3 Å². The van der Waals surface area contributed by atoms with Gasteiger partial charge in [0, 0.05) is 10.9 Å². The molecule has 0 saturated carbocycles. The Hall–Kier alpha value is -1.40. The molecule has 0 amide bonds. The van der Waals surface area contributed by atoms with Crippen LogP contribution < -0.4 is 0 Å². The predicted molar refractivity (Wildman–Crippen MR) is 84.1 cm³/mol. The van der Waals surface area contributed by atoms with Crippen LogP contribution in [0.15, 0.2) is 34.0 Å². The highest BCUT2D eigenvalue weighted by atomic mass is 32.2. The summed E-state index contributed by atoms with van der Waals surface area (Å²) in [6.07, 6.45) is 0. The van der Waals surface area contributed by atoms with Crippen molar-refractivity contribution in [1.82, 2.24) is 4.98 Å². The summed E-state index contributed by atoms with van der Waals surface area (Å²) in [7, 11) is 0. The number of nitrogens with zero attached hydrogens (tertiary/aromatic N) is 1. The summed E-state index contributed by atoms with van der Waals surface area (Å²) in [5.41, 5.74) is 1.17. The number of ether oxygens (including phenoxy) is 1. The summed E-state index contributed by atoms with van der Waals surface area (Å²) in [6, 6.07) is 6.18. The van der Waals surface area contributed by atoms with Crippen molar-refractivity contribution < 1.29 is 13.9 Å². The minimum atomic E-state index is -0.472. The maximum Gasteiger partial charge on any atom is 0.316 e. The van der Waals surface area contributed by atoms with Crippen LogP contribution >= 0.6 is 23.1 Å². The molecule has 0 spiro atoms. The van der Waals surface area contributed by atoms with Gasteiger partial charge in [0.25, 0.3) is 0 Å². The lowest BCUT2D eigenvalue weighted by Gasteiger charge is -2.18. The van der Waals surface area contributed by atoms with Crippen molar-refractivity contribution in [3.05, 3.63) is 35.5 Å². The van der Waals surface area contributed by atoms with Gasteiger partial charge < -0.3 is 4.74 Å². The number of carbonyl (C=O) groups is 1. The fourth-order valence-electron chi connectivity index (χ4n) is 1.57. The number of hydrogen-bond acceptors (Lipinski definition) is 5. The van der Waals surface area contributed by atoms with Crippen molar-refractivity contribution >= 4 is 29.1 Å². The molecule has 6 heteroatoms. The standard InChI is InChI=1S/C15H16FNO2S2/c1-15(2,3)19-13(18)9-21-14-17-12(8-20-14)10-4-6-11(16)7-5-10/h4-8H,9H2,1-3H3. The number of hydrogen-bond donors (Lipinski definition) is 0. The molecule has 1 aromatic carbocycles. The molecule has 112 valence electrons. The summed E-state index contributed by atoms with van der Waals surface area (Å²) in [6.45, 7) is 5.52. The van der Waals surface area contributed by atoms with Crippen molar-refractivity contribution in [3.63, 3.8) is 0 Å². The van der Waals surface area contributed by atoms with Crippen LogP contribution in [0.3, 0.4) is 0 Å². The summed E-state index contributed by atoms with van der Waals surface area (Å²) in [5, 5.41) is 1.89. The Balaban J connectivity index is 1.94. The minimum Gasteiger partial charge on any atom is -0.459 e. The van der Waals surface area contributed by atoms with Crippen LogP contribution in [-0.2, 0) is 9.53 Å². The second kappa shape index (κ2) is 6.58. The molecule has 0 aliphatic carbocycles. The van der Waals surface area contributed by atoms with Gasteiger partial charge in [-0.05, 0) is 45.0 Å². The summed E-state index contributed by atoms with van der Waals surface area (Å²) >= 11 is 2.81. The first-order chi connectivity index (χ1) is 9.83. The molecule has 0 radical (unpaired) electrons. The van der Waals surface area contributed by atoms with Crippen molar-refractivity contribution in [2.45, 2.75) is 30.7 Å². The topological polar surface area (TPSA) is 39.2 Å². The van der Waals surface area contributed by atoms with E-state index in [1.807, 2.05) is 26.2 Å². The highest BCUT2D eigenvalue weighted by molar-refractivity contribution is 8.01. The van der Waals surface area contributed by atoms with E-state index in [2.05, 4.69) is 4.98 Å². The van der Waals surface area contributed by atoms with E-state index in [0.29, 0.717) is 0 Å². The Morgan fingerprint density at radius 3 is 2.62 bits per heavy atom. The van der Waals surface area contributed by atoms with Crippen LogP contribution in [0.4, 0.5) is 4.39 Å². The fraction of sp³-hybridized carbons (Fsp3) is 0.333. The molecule has 0 unspecified atom stereocenters. The number of thiazole rings is 1. The molecule has 0 bridgehead atoms. The number of esters is 1. The third kappa shape index (κ3) is 5.13. The van der Waals surface area contributed by atoms with Crippen LogP contribution in [0.1, 0.15) is 20.8 Å². The summed E-state index contributed by atoms with van der Waals surface area (Å²) in [5.74, 6) is -0.298. The molecule has 0 fully saturated rings. The zero-order chi connectivity index (χ0) is 15.5. The van der Waals surface area contributed by atoms with Gasteiger partial charge in [0.15, 0.2) is 4.34 Å². The van der Waals surface area contributed by atoms with Gasteiger partial charge in [-0.1, -0.05) is 11.8 Å². The zero-order valence-corrected chi connectivity index (χ0v) is 13.7. The van der Waals surface area contributed by atoms with Crippen LogP contribution in [0.2, 0.25) is 0 Å². The molecular formula is C15H16FNO2S2. The Morgan fingerprint density at radius 2 is 2.00 bits per heavy atom. The zero-order valence-electron chi connectivity index (χ0n) is 12.1. The van der Waals surface area contributed by atoms with Gasteiger partial charge in [-0.3, -0.25) is 4.79 Å². The summed E-state index contributed by atoms with van der Waals surface area (Å²) in [4.78, 5) is 16.1. The van der Waals surface area contributed by atoms with E-state index < -0.39 is 5.60 Å². The quantitative estimate of drug-likeness (QED) is 0.617.